The highest BCUT2D eigenvalue weighted by Gasteiger charge is 2.00. The van der Waals surface area contributed by atoms with Gasteiger partial charge in [0.2, 0.25) is 0 Å². The van der Waals surface area contributed by atoms with Crippen molar-refractivity contribution in [2.75, 3.05) is 5.32 Å². The lowest BCUT2D eigenvalue weighted by molar-refractivity contribution is 0.702. The van der Waals surface area contributed by atoms with Gasteiger partial charge in [0, 0.05) is 12.7 Å². The topological polar surface area (TPSA) is 81.1 Å². The van der Waals surface area contributed by atoms with E-state index in [9.17, 15) is 0 Å². The number of rotatable bonds is 4. The van der Waals surface area contributed by atoms with Crippen molar-refractivity contribution in [2.24, 2.45) is 17.8 Å². The predicted molar refractivity (Wildman–Crippen MR) is 75.8 cm³/mol. The van der Waals surface area contributed by atoms with Crippen LogP contribution in [0.3, 0.4) is 0 Å². The lowest BCUT2D eigenvalue weighted by Crippen LogP contribution is -2.22. The number of aliphatic imine (C=N–C) groups is 1. The molecule has 0 aliphatic heterocycles. The molecule has 1 heterocycles. The number of hydrogen-bond donors (Lipinski definition) is 2. The summed E-state index contributed by atoms with van der Waals surface area (Å²) < 4.78 is 1.68. The van der Waals surface area contributed by atoms with E-state index in [-0.39, 0.29) is 0 Å². The Morgan fingerprint density at radius 3 is 3.00 bits per heavy atom. The molecule has 0 bridgehead atoms. The summed E-state index contributed by atoms with van der Waals surface area (Å²) in [6, 6.07) is 8.10. The number of anilines is 1. The first-order valence-corrected chi connectivity index (χ1v) is 6.17. The van der Waals surface area contributed by atoms with E-state index in [0.29, 0.717) is 12.5 Å². The molecule has 0 unspecified atom stereocenters. The van der Waals surface area contributed by atoms with Gasteiger partial charge in [-0.2, -0.15) is 5.10 Å². The lowest BCUT2D eigenvalue weighted by atomic mass is 10.1. The minimum Gasteiger partial charge on any atom is -0.370 e. The standard InChI is InChI=1S/C13H18N6/c1-3-10-5-4-6-11(7-10)18-13(14)15-8-12-16-9-17-19(12)2/h4-7,9H,3,8H2,1-2H3,(H3,14,15,18). The second-order valence-corrected chi connectivity index (χ2v) is 4.18. The van der Waals surface area contributed by atoms with Crippen LogP contribution >= 0.6 is 0 Å². The second-order valence-electron chi connectivity index (χ2n) is 4.18. The third kappa shape index (κ3) is 3.54. The first-order valence-electron chi connectivity index (χ1n) is 6.17. The Balaban J connectivity index is 2.00. The molecule has 0 atom stereocenters. The Morgan fingerprint density at radius 2 is 2.32 bits per heavy atom. The van der Waals surface area contributed by atoms with Gasteiger partial charge in [-0.15, -0.1) is 0 Å². The fraction of sp³-hybridized carbons (Fsp3) is 0.308. The van der Waals surface area contributed by atoms with Gasteiger partial charge in [0.05, 0.1) is 0 Å². The first-order chi connectivity index (χ1) is 9.19. The van der Waals surface area contributed by atoms with Crippen molar-refractivity contribution < 1.29 is 0 Å². The maximum atomic E-state index is 5.85. The number of nitrogens with one attached hydrogen (secondary N) is 1. The summed E-state index contributed by atoms with van der Waals surface area (Å²) in [6.07, 6.45) is 2.49. The molecule has 2 aromatic rings. The molecule has 100 valence electrons. The highest BCUT2D eigenvalue weighted by Crippen LogP contribution is 2.10. The van der Waals surface area contributed by atoms with Crippen LogP contribution in [0, 0.1) is 0 Å². The van der Waals surface area contributed by atoms with Crippen molar-refractivity contribution in [2.45, 2.75) is 19.9 Å². The molecule has 0 aliphatic carbocycles. The van der Waals surface area contributed by atoms with Crippen molar-refractivity contribution in [1.82, 2.24) is 14.8 Å². The van der Waals surface area contributed by atoms with Gasteiger partial charge in [-0.3, -0.25) is 4.68 Å². The summed E-state index contributed by atoms with van der Waals surface area (Å²) in [4.78, 5) is 8.32. The zero-order valence-electron chi connectivity index (χ0n) is 11.2. The van der Waals surface area contributed by atoms with Crippen LogP contribution < -0.4 is 11.1 Å². The quantitative estimate of drug-likeness (QED) is 0.640. The normalized spacial score (nSPS) is 11.6. The Labute approximate surface area is 112 Å². The number of hydrogen-bond acceptors (Lipinski definition) is 3. The van der Waals surface area contributed by atoms with E-state index in [4.69, 9.17) is 5.73 Å². The molecule has 1 aromatic heterocycles. The molecule has 3 N–H and O–H groups in total. The molecule has 0 aliphatic rings. The largest absolute Gasteiger partial charge is 0.370 e. The second kappa shape index (κ2) is 5.99. The third-order valence-corrected chi connectivity index (χ3v) is 2.80. The van der Waals surface area contributed by atoms with E-state index in [0.717, 1.165) is 17.9 Å². The predicted octanol–water partition coefficient (Wildman–Crippen LogP) is 1.30. The van der Waals surface area contributed by atoms with Crippen LogP contribution in [-0.2, 0) is 20.0 Å². The van der Waals surface area contributed by atoms with Crippen LogP contribution in [0.15, 0.2) is 35.6 Å². The third-order valence-electron chi connectivity index (χ3n) is 2.80. The minimum absolute atomic E-state index is 0.372. The average Bonchev–Trinajstić information content (AvgIpc) is 2.82. The van der Waals surface area contributed by atoms with E-state index in [1.807, 2.05) is 19.2 Å². The van der Waals surface area contributed by atoms with Crippen LogP contribution in [-0.4, -0.2) is 20.7 Å². The molecule has 6 heteroatoms. The van der Waals surface area contributed by atoms with Gasteiger partial charge < -0.3 is 11.1 Å². The van der Waals surface area contributed by atoms with Gasteiger partial charge in [0.15, 0.2) is 5.96 Å². The van der Waals surface area contributed by atoms with Crippen molar-refractivity contribution >= 4 is 11.6 Å². The molecule has 0 amide bonds. The van der Waals surface area contributed by atoms with Crippen LogP contribution in [0.1, 0.15) is 18.3 Å². The van der Waals surface area contributed by atoms with Crippen molar-refractivity contribution in [3.63, 3.8) is 0 Å². The molecular formula is C13H18N6. The fourth-order valence-corrected chi connectivity index (χ4v) is 1.68. The van der Waals surface area contributed by atoms with Crippen molar-refractivity contribution in [3.8, 4) is 0 Å². The number of aromatic nitrogens is 3. The summed E-state index contributed by atoms with van der Waals surface area (Å²) in [5.74, 6) is 1.14. The van der Waals surface area contributed by atoms with Crippen molar-refractivity contribution in [1.29, 1.82) is 0 Å². The molecule has 0 saturated carbocycles. The zero-order valence-corrected chi connectivity index (χ0v) is 11.2. The number of nitrogens with zero attached hydrogens (tertiary/aromatic N) is 4. The van der Waals surface area contributed by atoms with E-state index in [1.165, 1.54) is 11.9 Å². The monoisotopic (exact) mass is 258 g/mol. The molecule has 0 fully saturated rings. The maximum absolute atomic E-state index is 5.85. The Morgan fingerprint density at radius 1 is 1.47 bits per heavy atom. The average molecular weight is 258 g/mol. The Kier molecular flexibility index (Phi) is 4.12. The van der Waals surface area contributed by atoms with E-state index >= 15 is 0 Å². The van der Waals surface area contributed by atoms with Crippen LogP contribution in [0.4, 0.5) is 5.69 Å². The molecule has 0 saturated heterocycles. The molecule has 2 rings (SSSR count). The molecule has 6 nitrogen and oxygen atoms in total. The van der Waals surface area contributed by atoms with Gasteiger partial charge >= 0.3 is 0 Å². The molecule has 0 spiro atoms. The van der Waals surface area contributed by atoms with Gasteiger partial charge in [0.1, 0.15) is 18.7 Å². The highest BCUT2D eigenvalue weighted by atomic mass is 15.3. The lowest BCUT2D eigenvalue weighted by Gasteiger charge is -2.07. The SMILES string of the molecule is CCc1cccc(NC(N)=NCc2ncnn2C)c1. The van der Waals surface area contributed by atoms with Gasteiger partial charge in [0.25, 0.3) is 0 Å². The number of benzene rings is 1. The highest BCUT2D eigenvalue weighted by molar-refractivity contribution is 5.92. The molecule has 0 radical (unpaired) electrons. The molecular weight excluding hydrogens is 240 g/mol. The van der Waals surface area contributed by atoms with Gasteiger partial charge in [-0.05, 0) is 24.1 Å². The summed E-state index contributed by atoms with van der Waals surface area (Å²) >= 11 is 0. The number of guanidine groups is 1. The van der Waals surface area contributed by atoms with E-state index in [1.54, 1.807) is 4.68 Å². The smallest absolute Gasteiger partial charge is 0.193 e. The van der Waals surface area contributed by atoms with E-state index in [2.05, 4.69) is 39.4 Å². The summed E-state index contributed by atoms with van der Waals surface area (Å²) in [5.41, 5.74) is 8.04. The molecule has 19 heavy (non-hydrogen) atoms. The Hall–Kier alpha value is -2.37. The summed E-state index contributed by atoms with van der Waals surface area (Å²) in [6.45, 7) is 2.52. The Bertz CT molecular complexity index is 572. The van der Waals surface area contributed by atoms with Crippen LogP contribution in [0.2, 0.25) is 0 Å². The summed E-state index contributed by atoms with van der Waals surface area (Å²) in [7, 11) is 1.83. The number of nitrogens with two attached hydrogens (primary N) is 1. The minimum atomic E-state index is 0.372. The first kappa shape index (κ1) is 13.1. The van der Waals surface area contributed by atoms with Crippen LogP contribution in [0.5, 0.6) is 0 Å². The number of aryl methyl sites for hydroxylation is 2. The summed E-state index contributed by atoms with van der Waals surface area (Å²) in [5, 5.41) is 7.05. The van der Waals surface area contributed by atoms with E-state index < -0.39 is 0 Å². The van der Waals surface area contributed by atoms with Crippen molar-refractivity contribution in [3.05, 3.63) is 42.0 Å². The van der Waals surface area contributed by atoms with Crippen LogP contribution in [0.25, 0.3) is 0 Å². The zero-order chi connectivity index (χ0) is 13.7. The van der Waals surface area contributed by atoms with Gasteiger partial charge in [-0.25, -0.2) is 9.98 Å². The fourth-order valence-electron chi connectivity index (χ4n) is 1.68. The molecule has 1 aromatic carbocycles. The maximum Gasteiger partial charge on any atom is 0.193 e. The van der Waals surface area contributed by atoms with Gasteiger partial charge in [-0.1, -0.05) is 19.1 Å².